The average molecular weight is 274 g/mol. The lowest BCUT2D eigenvalue weighted by Crippen LogP contribution is -2.07. The van der Waals surface area contributed by atoms with E-state index in [4.69, 9.17) is 23.3 Å². The van der Waals surface area contributed by atoms with Crippen molar-refractivity contribution in [2.45, 2.75) is 12.7 Å². The maximum atomic E-state index is 12.0. The van der Waals surface area contributed by atoms with Crippen molar-refractivity contribution in [2.24, 2.45) is 5.73 Å². The number of rotatable bonds is 1. The van der Waals surface area contributed by atoms with Crippen molar-refractivity contribution in [1.29, 1.82) is 0 Å². The van der Waals surface area contributed by atoms with Crippen LogP contribution in [0.25, 0.3) is 0 Å². The second-order valence-electron chi connectivity index (χ2n) is 2.69. The Morgan fingerprint density at radius 3 is 2.00 bits per heavy atom. The maximum Gasteiger partial charge on any atom is 0.417 e. The Hall–Kier alpha value is -1.23. The van der Waals surface area contributed by atoms with Gasteiger partial charge in [0.25, 0.3) is 0 Å². The molecule has 10 heteroatoms. The molecule has 0 aliphatic heterocycles. The van der Waals surface area contributed by atoms with Crippen molar-refractivity contribution in [3.63, 3.8) is 0 Å². The van der Waals surface area contributed by atoms with E-state index < -0.39 is 22.1 Å². The van der Waals surface area contributed by atoms with Gasteiger partial charge in [0.15, 0.2) is 0 Å². The average Bonchev–Trinajstić information content (AvgIpc) is 2.14. The molecule has 6 nitrogen and oxygen atoms in total. The standard InChI is InChI=1S/C7H7F3N2.H2O4S/c8-7(9,10)5-1-2-6(3-11)12-4-5;1-5(2,3)4/h1-2,4H,3,11H2;(H2,1,2,3,4). The van der Waals surface area contributed by atoms with Gasteiger partial charge in [0.1, 0.15) is 0 Å². The minimum absolute atomic E-state index is 0.151. The zero-order chi connectivity index (χ0) is 13.7. The number of nitrogens with two attached hydrogens (primary N) is 1. The molecule has 98 valence electrons. The summed E-state index contributed by atoms with van der Waals surface area (Å²) >= 11 is 0. The Morgan fingerprint density at radius 2 is 1.76 bits per heavy atom. The summed E-state index contributed by atoms with van der Waals surface area (Å²) in [5, 5.41) is 0. The molecule has 0 saturated heterocycles. The van der Waals surface area contributed by atoms with Gasteiger partial charge in [0.05, 0.1) is 11.3 Å². The minimum atomic E-state index is -4.67. The van der Waals surface area contributed by atoms with Gasteiger partial charge in [-0.1, -0.05) is 0 Å². The lowest BCUT2D eigenvalue weighted by atomic mass is 10.2. The monoisotopic (exact) mass is 274 g/mol. The summed E-state index contributed by atoms with van der Waals surface area (Å²) in [6.45, 7) is 0.151. The van der Waals surface area contributed by atoms with Gasteiger partial charge >= 0.3 is 16.6 Å². The zero-order valence-corrected chi connectivity index (χ0v) is 9.03. The van der Waals surface area contributed by atoms with Gasteiger partial charge in [-0.05, 0) is 12.1 Å². The van der Waals surface area contributed by atoms with E-state index in [0.717, 1.165) is 12.3 Å². The summed E-state index contributed by atoms with van der Waals surface area (Å²) in [5.74, 6) is 0. The van der Waals surface area contributed by atoms with Crippen LogP contribution in [-0.2, 0) is 23.1 Å². The highest BCUT2D eigenvalue weighted by molar-refractivity contribution is 7.79. The van der Waals surface area contributed by atoms with Crippen LogP contribution < -0.4 is 5.73 Å². The number of nitrogens with zero attached hydrogens (tertiary/aromatic N) is 1. The van der Waals surface area contributed by atoms with Crippen LogP contribution >= 0.6 is 0 Å². The van der Waals surface area contributed by atoms with E-state index in [0.29, 0.717) is 5.69 Å². The van der Waals surface area contributed by atoms with Crippen molar-refractivity contribution >= 4 is 10.4 Å². The number of aromatic nitrogens is 1. The third-order valence-electron chi connectivity index (χ3n) is 1.36. The Balaban J connectivity index is 0.000000437. The predicted octanol–water partition coefficient (Wildman–Crippen LogP) is 0.906. The van der Waals surface area contributed by atoms with Crippen LogP contribution in [0.2, 0.25) is 0 Å². The van der Waals surface area contributed by atoms with E-state index in [1.807, 2.05) is 0 Å². The largest absolute Gasteiger partial charge is 0.417 e. The van der Waals surface area contributed by atoms with E-state index in [1.54, 1.807) is 0 Å². The number of halogens is 3. The van der Waals surface area contributed by atoms with Gasteiger partial charge in [-0.25, -0.2) is 0 Å². The van der Waals surface area contributed by atoms with E-state index >= 15 is 0 Å². The summed E-state index contributed by atoms with van der Waals surface area (Å²) in [7, 11) is -4.67. The maximum absolute atomic E-state index is 12.0. The lowest BCUT2D eigenvalue weighted by Gasteiger charge is -2.05. The van der Waals surface area contributed by atoms with Crippen molar-refractivity contribution in [3.8, 4) is 0 Å². The molecule has 0 saturated carbocycles. The third-order valence-corrected chi connectivity index (χ3v) is 1.36. The number of alkyl halides is 3. The fourth-order valence-electron chi connectivity index (χ4n) is 0.713. The highest BCUT2D eigenvalue weighted by atomic mass is 32.3. The Labute approximate surface area is 94.9 Å². The molecule has 0 atom stereocenters. The van der Waals surface area contributed by atoms with Crippen molar-refractivity contribution in [3.05, 3.63) is 29.6 Å². The van der Waals surface area contributed by atoms with Gasteiger partial charge in [0.2, 0.25) is 0 Å². The van der Waals surface area contributed by atoms with Crippen LogP contribution in [0.1, 0.15) is 11.3 Å². The normalized spacial score (nSPS) is 11.6. The number of pyridine rings is 1. The Kier molecular flexibility index (Phi) is 5.48. The summed E-state index contributed by atoms with van der Waals surface area (Å²) in [6.07, 6.45) is -3.54. The second-order valence-corrected chi connectivity index (χ2v) is 3.58. The molecule has 1 rings (SSSR count). The SMILES string of the molecule is NCc1ccc(C(F)(F)F)cn1.O=S(=O)(O)O. The van der Waals surface area contributed by atoms with Crippen LogP contribution in [0.4, 0.5) is 13.2 Å². The molecule has 0 fully saturated rings. The van der Waals surface area contributed by atoms with E-state index in [1.165, 1.54) is 6.07 Å². The lowest BCUT2D eigenvalue weighted by molar-refractivity contribution is -0.137. The summed E-state index contributed by atoms with van der Waals surface area (Å²) in [5.41, 5.74) is 4.86. The molecule has 0 bridgehead atoms. The van der Waals surface area contributed by atoms with E-state index in [2.05, 4.69) is 4.98 Å². The summed E-state index contributed by atoms with van der Waals surface area (Å²) < 4.78 is 67.4. The fourth-order valence-corrected chi connectivity index (χ4v) is 0.713. The Morgan fingerprint density at radius 1 is 1.29 bits per heavy atom. The first-order valence-electron chi connectivity index (χ1n) is 3.96. The molecule has 0 aliphatic rings. The summed E-state index contributed by atoms with van der Waals surface area (Å²) in [6, 6.07) is 2.23. The first kappa shape index (κ1) is 15.8. The zero-order valence-electron chi connectivity index (χ0n) is 8.22. The molecular weight excluding hydrogens is 265 g/mol. The molecule has 0 aromatic carbocycles. The number of hydrogen-bond donors (Lipinski definition) is 3. The highest BCUT2D eigenvalue weighted by Crippen LogP contribution is 2.28. The van der Waals surface area contributed by atoms with Crippen LogP contribution in [-0.4, -0.2) is 22.5 Å². The van der Waals surface area contributed by atoms with Crippen LogP contribution in [0.3, 0.4) is 0 Å². The molecule has 0 amide bonds. The van der Waals surface area contributed by atoms with Crippen LogP contribution in [0.15, 0.2) is 18.3 Å². The molecule has 1 aromatic rings. The van der Waals surface area contributed by atoms with Gasteiger partial charge < -0.3 is 5.73 Å². The van der Waals surface area contributed by atoms with E-state index in [-0.39, 0.29) is 6.54 Å². The van der Waals surface area contributed by atoms with Gasteiger partial charge in [0, 0.05) is 12.7 Å². The highest BCUT2D eigenvalue weighted by Gasteiger charge is 2.30. The molecule has 1 heterocycles. The molecule has 0 aliphatic carbocycles. The molecule has 1 aromatic heterocycles. The topological polar surface area (TPSA) is 114 Å². The van der Waals surface area contributed by atoms with Gasteiger partial charge in [-0.15, -0.1) is 0 Å². The molecule has 4 N–H and O–H groups in total. The fraction of sp³-hybridized carbons (Fsp3) is 0.286. The predicted molar refractivity (Wildman–Crippen MR) is 51.3 cm³/mol. The Bertz CT molecular complexity index is 435. The molecular formula is C7H9F3N2O4S. The smallest absolute Gasteiger partial charge is 0.325 e. The van der Waals surface area contributed by atoms with Crippen molar-refractivity contribution < 1.29 is 30.7 Å². The molecule has 0 spiro atoms. The third kappa shape index (κ3) is 8.56. The van der Waals surface area contributed by atoms with E-state index in [9.17, 15) is 13.2 Å². The van der Waals surface area contributed by atoms with Crippen molar-refractivity contribution in [2.75, 3.05) is 0 Å². The quantitative estimate of drug-likeness (QED) is 0.656. The molecule has 0 unspecified atom stereocenters. The second kappa shape index (κ2) is 5.91. The van der Waals surface area contributed by atoms with Crippen LogP contribution in [0.5, 0.6) is 0 Å². The van der Waals surface area contributed by atoms with Crippen LogP contribution in [0, 0.1) is 0 Å². The van der Waals surface area contributed by atoms with Gasteiger partial charge in [-0.3, -0.25) is 14.1 Å². The summed E-state index contributed by atoms with van der Waals surface area (Å²) in [4.78, 5) is 3.52. The first-order chi connectivity index (χ1) is 7.54. The van der Waals surface area contributed by atoms with Gasteiger partial charge in [-0.2, -0.15) is 21.6 Å². The number of hydrogen-bond acceptors (Lipinski definition) is 4. The first-order valence-corrected chi connectivity index (χ1v) is 5.36. The molecule has 0 radical (unpaired) electrons. The molecule has 17 heavy (non-hydrogen) atoms. The minimum Gasteiger partial charge on any atom is -0.325 e. The van der Waals surface area contributed by atoms with Crippen molar-refractivity contribution in [1.82, 2.24) is 4.98 Å².